The Bertz CT molecular complexity index is 652. The molecule has 0 bridgehead atoms. The lowest BCUT2D eigenvalue weighted by atomic mass is 10.1. The fraction of sp³-hybridized carbons (Fsp3) is 0.588. The van der Waals surface area contributed by atoms with E-state index in [1.165, 1.54) is 6.92 Å². The number of carbonyl (C=O) groups is 1. The number of likely N-dealkylation sites (tertiary alicyclic amines) is 1. The molecule has 1 aliphatic heterocycles. The Balaban J connectivity index is 2.10. The van der Waals surface area contributed by atoms with Gasteiger partial charge in [-0.15, -0.1) is 0 Å². The summed E-state index contributed by atoms with van der Waals surface area (Å²) in [6.07, 6.45) is 3.36. The number of hydrogen-bond acceptors (Lipinski definition) is 5. The molecule has 0 aliphatic carbocycles. The van der Waals surface area contributed by atoms with Crippen LogP contribution in [0.4, 0.5) is 0 Å². The Kier molecular flexibility index (Phi) is 6.23. The van der Waals surface area contributed by atoms with E-state index in [0.29, 0.717) is 6.54 Å². The Labute approximate surface area is 144 Å². The zero-order chi connectivity index (χ0) is 17.7. The maximum Gasteiger partial charge on any atom is 0.238 e. The van der Waals surface area contributed by atoms with Gasteiger partial charge in [-0.05, 0) is 50.6 Å². The first-order valence-corrected chi connectivity index (χ1v) is 10.1. The van der Waals surface area contributed by atoms with Gasteiger partial charge in [0.1, 0.15) is 11.0 Å². The van der Waals surface area contributed by atoms with Crippen molar-refractivity contribution in [1.29, 1.82) is 0 Å². The highest BCUT2D eigenvalue weighted by atomic mass is 32.2. The molecule has 1 aliphatic rings. The highest BCUT2D eigenvalue weighted by molar-refractivity contribution is 7.92. The molecule has 0 aromatic heterocycles. The Morgan fingerprint density at radius 2 is 1.83 bits per heavy atom. The summed E-state index contributed by atoms with van der Waals surface area (Å²) >= 11 is 0. The van der Waals surface area contributed by atoms with Crippen molar-refractivity contribution in [3.63, 3.8) is 0 Å². The molecule has 0 saturated carbocycles. The van der Waals surface area contributed by atoms with Gasteiger partial charge in [0.05, 0.1) is 13.2 Å². The Hall–Kier alpha value is -1.60. The number of sulfone groups is 1. The molecule has 0 unspecified atom stereocenters. The topological polar surface area (TPSA) is 75.7 Å². The van der Waals surface area contributed by atoms with Crippen LogP contribution >= 0.6 is 0 Å². The van der Waals surface area contributed by atoms with E-state index in [1.54, 1.807) is 7.11 Å². The Morgan fingerprint density at radius 1 is 1.25 bits per heavy atom. The van der Waals surface area contributed by atoms with E-state index in [1.807, 2.05) is 24.3 Å². The fourth-order valence-corrected chi connectivity index (χ4v) is 3.34. The van der Waals surface area contributed by atoms with Gasteiger partial charge in [-0.1, -0.05) is 12.1 Å². The number of amides is 1. The van der Waals surface area contributed by atoms with Crippen LogP contribution in [-0.2, 0) is 14.6 Å². The zero-order valence-corrected chi connectivity index (χ0v) is 15.3. The van der Waals surface area contributed by atoms with Gasteiger partial charge in [0.15, 0.2) is 9.84 Å². The van der Waals surface area contributed by atoms with E-state index in [4.69, 9.17) is 4.74 Å². The van der Waals surface area contributed by atoms with Crippen LogP contribution in [0.2, 0.25) is 0 Å². The summed E-state index contributed by atoms with van der Waals surface area (Å²) in [7, 11) is -1.76. The van der Waals surface area contributed by atoms with Crippen LogP contribution in [0.5, 0.6) is 5.75 Å². The third-order valence-corrected chi connectivity index (χ3v) is 6.06. The zero-order valence-electron chi connectivity index (χ0n) is 14.5. The third kappa shape index (κ3) is 4.70. The van der Waals surface area contributed by atoms with E-state index in [2.05, 4.69) is 10.2 Å². The van der Waals surface area contributed by atoms with Gasteiger partial charge in [0.25, 0.3) is 0 Å². The number of rotatable bonds is 7. The van der Waals surface area contributed by atoms with E-state index in [-0.39, 0.29) is 6.04 Å². The molecule has 24 heavy (non-hydrogen) atoms. The molecule has 6 nitrogen and oxygen atoms in total. The summed E-state index contributed by atoms with van der Waals surface area (Å²) in [4.78, 5) is 14.4. The minimum absolute atomic E-state index is 0.0362. The monoisotopic (exact) mass is 354 g/mol. The number of benzene rings is 1. The molecule has 1 aromatic carbocycles. The van der Waals surface area contributed by atoms with Crippen molar-refractivity contribution >= 4 is 15.7 Å². The molecule has 2 atom stereocenters. The standard InChI is InChI=1S/C17H26N2O4S/c1-13(24(3,21)22)17(20)18-12-16(19-10-4-5-11-19)14-6-8-15(23-2)9-7-14/h6-9,13,16H,4-5,10-12H2,1-3H3,(H,18,20)/t13-,16+/m0/s1. The summed E-state index contributed by atoms with van der Waals surface area (Å²) in [6, 6.07) is 7.83. The fourth-order valence-electron chi connectivity index (χ4n) is 2.87. The molecule has 0 spiro atoms. The predicted molar refractivity (Wildman–Crippen MR) is 93.9 cm³/mol. The van der Waals surface area contributed by atoms with Crippen LogP contribution in [0.3, 0.4) is 0 Å². The number of nitrogens with zero attached hydrogens (tertiary/aromatic N) is 1. The average Bonchev–Trinajstić information content (AvgIpc) is 3.08. The van der Waals surface area contributed by atoms with Gasteiger partial charge in [-0.3, -0.25) is 9.69 Å². The van der Waals surface area contributed by atoms with E-state index in [9.17, 15) is 13.2 Å². The first kappa shape index (κ1) is 18.7. The van der Waals surface area contributed by atoms with Crippen LogP contribution in [0.25, 0.3) is 0 Å². The van der Waals surface area contributed by atoms with E-state index >= 15 is 0 Å². The minimum Gasteiger partial charge on any atom is -0.497 e. The first-order valence-electron chi connectivity index (χ1n) is 8.17. The lowest BCUT2D eigenvalue weighted by Crippen LogP contribution is -2.42. The van der Waals surface area contributed by atoms with Crippen LogP contribution in [0, 0.1) is 0 Å². The highest BCUT2D eigenvalue weighted by Crippen LogP contribution is 2.26. The average molecular weight is 354 g/mol. The summed E-state index contributed by atoms with van der Waals surface area (Å²) in [5.41, 5.74) is 1.09. The van der Waals surface area contributed by atoms with Gasteiger partial charge in [-0.25, -0.2) is 8.42 Å². The summed E-state index contributed by atoms with van der Waals surface area (Å²) in [5.74, 6) is 0.337. The molecule has 1 N–H and O–H groups in total. The molecule has 1 fully saturated rings. The smallest absolute Gasteiger partial charge is 0.238 e. The molecule has 134 valence electrons. The van der Waals surface area contributed by atoms with Crippen LogP contribution in [-0.4, -0.2) is 57.5 Å². The lowest BCUT2D eigenvalue weighted by molar-refractivity contribution is -0.120. The molecule has 2 rings (SSSR count). The second-order valence-electron chi connectivity index (χ2n) is 6.25. The normalized spacial score (nSPS) is 18.1. The summed E-state index contributed by atoms with van der Waals surface area (Å²) < 4.78 is 28.2. The van der Waals surface area contributed by atoms with E-state index < -0.39 is 21.0 Å². The SMILES string of the molecule is COc1ccc([C@@H](CNC(=O)[C@H](C)S(C)(=O)=O)N2CCCC2)cc1. The number of hydrogen-bond donors (Lipinski definition) is 1. The number of methoxy groups -OCH3 is 1. The van der Waals surface area contributed by atoms with Crippen molar-refractivity contribution in [2.75, 3.05) is 33.0 Å². The summed E-state index contributed by atoms with van der Waals surface area (Å²) in [5, 5.41) is 1.77. The lowest BCUT2D eigenvalue weighted by Gasteiger charge is -2.28. The van der Waals surface area contributed by atoms with Gasteiger partial charge >= 0.3 is 0 Å². The molecule has 7 heteroatoms. The molecular formula is C17H26N2O4S. The van der Waals surface area contributed by atoms with Crippen molar-refractivity contribution in [3.05, 3.63) is 29.8 Å². The van der Waals surface area contributed by atoms with Gasteiger partial charge < -0.3 is 10.1 Å². The number of ether oxygens (including phenoxy) is 1. The minimum atomic E-state index is -3.38. The van der Waals surface area contributed by atoms with Crippen molar-refractivity contribution in [2.45, 2.75) is 31.1 Å². The van der Waals surface area contributed by atoms with Gasteiger partial charge in [-0.2, -0.15) is 0 Å². The largest absolute Gasteiger partial charge is 0.497 e. The highest BCUT2D eigenvalue weighted by Gasteiger charge is 2.27. The van der Waals surface area contributed by atoms with Crippen LogP contribution in [0.15, 0.2) is 24.3 Å². The number of carbonyl (C=O) groups excluding carboxylic acids is 1. The molecule has 1 aromatic rings. The maximum atomic E-state index is 12.1. The maximum absolute atomic E-state index is 12.1. The predicted octanol–water partition coefficient (Wildman–Crippen LogP) is 1.38. The molecule has 1 saturated heterocycles. The van der Waals surface area contributed by atoms with Gasteiger partial charge in [0, 0.05) is 12.8 Å². The van der Waals surface area contributed by atoms with Crippen molar-refractivity contribution in [1.82, 2.24) is 10.2 Å². The second-order valence-corrected chi connectivity index (χ2v) is 8.62. The van der Waals surface area contributed by atoms with Crippen molar-refractivity contribution in [2.24, 2.45) is 0 Å². The van der Waals surface area contributed by atoms with Gasteiger partial charge in [0.2, 0.25) is 5.91 Å². The van der Waals surface area contributed by atoms with Crippen LogP contribution in [0.1, 0.15) is 31.4 Å². The van der Waals surface area contributed by atoms with Crippen molar-refractivity contribution in [3.8, 4) is 5.75 Å². The molecule has 1 heterocycles. The number of nitrogens with one attached hydrogen (secondary N) is 1. The van der Waals surface area contributed by atoms with Crippen molar-refractivity contribution < 1.29 is 17.9 Å². The quantitative estimate of drug-likeness (QED) is 0.801. The van der Waals surface area contributed by atoms with E-state index in [0.717, 1.165) is 43.5 Å². The third-order valence-electron chi connectivity index (χ3n) is 4.56. The molecule has 1 amide bonds. The first-order chi connectivity index (χ1) is 11.3. The molecular weight excluding hydrogens is 328 g/mol. The second kappa shape index (κ2) is 7.98. The Morgan fingerprint density at radius 3 is 2.33 bits per heavy atom. The molecule has 0 radical (unpaired) electrons. The van der Waals surface area contributed by atoms with Crippen LogP contribution < -0.4 is 10.1 Å². The summed E-state index contributed by atoms with van der Waals surface area (Å²) in [6.45, 7) is 3.77.